The summed E-state index contributed by atoms with van der Waals surface area (Å²) in [6.07, 6.45) is -2.13. The lowest BCUT2D eigenvalue weighted by molar-refractivity contribution is 0.00993. The highest BCUT2D eigenvalue weighted by Crippen LogP contribution is 2.35. The number of nitrogens with one attached hydrogen (secondary N) is 1. The molecule has 2 aliphatic heterocycles. The number of ether oxygens (including phenoxy) is 10. The van der Waals surface area contributed by atoms with Gasteiger partial charge in [0.1, 0.15) is 87.1 Å². The van der Waals surface area contributed by atoms with Crippen LogP contribution in [0.4, 0.5) is 0 Å². The molecule has 2 aliphatic rings. The van der Waals surface area contributed by atoms with E-state index in [-0.39, 0.29) is 59.5 Å². The first kappa shape index (κ1) is 54.2. The van der Waals surface area contributed by atoms with Crippen molar-refractivity contribution >= 4 is 17.8 Å². The molecule has 5 aromatic carbocycles. The van der Waals surface area contributed by atoms with E-state index in [0.717, 1.165) is 47.0 Å². The number of epoxide rings is 2. The van der Waals surface area contributed by atoms with Crippen LogP contribution in [-0.2, 0) is 39.3 Å². The van der Waals surface area contributed by atoms with Crippen LogP contribution in [0.5, 0.6) is 23.0 Å². The van der Waals surface area contributed by atoms with Crippen LogP contribution in [0.15, 0.2) is 115 Å². The van der Waals surface area contributed by atoms with Crippen molar-refractivity contribution in [2.75, 3.05) is 79.8 Å². The van der Waals surface area contributed by atoms with Crippen molar-refractivity contribution < 1.29 is 72.0 Å². The van der Waals surface area contributed by atoms with Gasteiger partial charge in [-0.25, -0.2) is 9.59 Å². The van der Waals surface area contributed by atoms with Crippen LogP contribution in [0, 0.1) is 0 Å². The van der Waals surface area contributed by atoms with Crippen molar-refractivity contribution in [1.82, 2.24) is 5.32 Å². The van der Waals surface area contributed by atoms with Gasteiger partial charge >= 0.3 is 11.9 Å². The molecule has 0 aromatic heterocycles. The molecule has 7 rings (SSSR count). The highest BCUT2D eigenvalue weighted by atomic mass is 16.6. The molecule has 2 heterocycles. The molecular formula is C57H67NO15. The molecule has 5 atom stereocenters. The Balaban J connectivity index is 0.915. The number of rotatable bonds is 29. The molecule has 5 aromatic rings. The van der Waals surface area contributed by atoms with Gasteiger partial charge in [-0.1, -0.05) is 76.2 Å². The first-order valence-corrected chi connectivity index (χ1v) is 24.5. The average Bonchev–Trinajstić information content (AvgIpc) is 4.36. The van der Waals surface area contributed by atoms with Gasteiger partial charge in [0.15, 0.2) is 0 Å². The Morgan fingerprint density at radius 3 is 1.36 bits per heavy atom. The molecule has 16 nitrogen and oxygen atoms in total. The van der Waals surface area contributed by atoms with Gasteiger partial charge in [0.05, 0.1) is 44.2 Å². The average molecular weight is 1010 g/mol. The van der Waals surface area contributed by atoms with Crippen molar-refractivity contribution in [3.05, 3.63) is 154 Å². The lowest BCUT2D eigenvalue weighted by atomic mass is 9.78. The Morgan fingerprint density at radius 1 is 0.562 bits per heavy atom. The van der Waals surface area contributed by atoms with Crippen LogP contribution in [0.1, 0.15) is 87.9 Å². The summed E-state index contributed by atoms with van der Waals surface area (Å²) in [5.41, 5.74) is 3.17. The van der Waals surface area contributed by atoms with Gasteiger partial charge < -0.3 is 62.9 Å². The molecule has 0 saturated carbocycles. The number of aliphatic hydroxyl groups excluding tert-OH is 2. The molecule has 2 fully saturated rings. The number of carbonyl (C=O) groups is 3. The Bertz CT molecular complexity index is 2560. The second-order valence-electron chi connectivity index (χ2n) is 19.2. The van der Waals surface area contributed by atoms with E-state index in [0.29, 0.717) is 37.9 Å². The molecule has 390 valence electrons. The summed E-state index contributed by atoms with van der Waals surface area (Å²) in [6.45, 7) is 12.3. The standard InChI is InChI=1S/C57H67NO15/c1-37(28-65-26-25-64-6)58-53(61)38-7-24-51(54(62)72-31-43(59)29-66-45-16-8-39(9-17-45)56(2,3)41-12-20-47(21-13-41)68-33-49-35-70-49)52(27-38)55(63)73-32-44(60)30-67-46-18-10-40(11-19-46)57(4,5)42-14-22-48(23-15-42)69-34-50-36-71-50/h7-24,27,37,43-44,49-50,59-60H,25-26,28-36H2,1-6H3,(H,58,61). The molecule has 16 heteroatoms. The number of carbonyl (C=O) groups excluding carboxylic acids is 3. The second-order valence-corrected chi connectivity index (χ2v) is 19.2. The van der Waals surface area contributed by atoms with Gasteiger partial charge in [-0.15, -0.1) is 0 Å². The third kappa shape index (κ3) is 16.0. The Kier molecular flexibility index (Phi) is 18.9. The number of benzene rings is 5. The predicted octanol–water partition coefficient (Wildman–Crippen LogP) is 6.87. The first-order valence-electron chi connectivity index (χ1n) is 24.5. The molecule has 3 N–H and O–H groups in total. The number of methoxy groups -OCH3 is 1. The summed E-state index contributed by atoms with van der Waals surface area (Å²) in [7, 11) is 1.56. The summed E-state index contributed by atoms with van der Waals surface area (Å²) in [5.74, 6) is 0.0698. The number of hydrogen-bond acceptors (Lipinski definition) is 15. The third-order valence-electron chi connectivity index (χ3n) is 12.6. The van der Waals surface area contributed by atoms with Gasteiger partial charge in [-0.2, -0.15) is 0 Å². The normalized spacial score (nSPS) is 16.3. The van der Waals surface area contributed by atoms with E-state index in [2.05, 4.69) is 33.0 Å². The molecular weight excluding hydrogens is 939 g/mol. The molecule has 0 aliphatic carbocycles. The van der Waals surface area contributed by atoms with Crippen LogP contribution in [0.2, 0.25) is 0 Å². The van der Waals surface area contributed by atoms with E-state index in [1.54, 1.807) is 38.3 Å². The Morgan fingerprint density at radius 2 is 0.959 bits per heavy atom. The summed E-state index contributed by atoms with van der Waals surface area (Å²) < 4.78 is 55.1. The van der Waals surface area contributed by atoms with E-state index in [9.17, 15) is 24.6 Å². The van der Waals surface area contributed by atoms with E-state index in [1.165, 1.54) is 18.2 Å². The Labute approximate surface area is 426 Å². The van der Waals surface area contributed by atoms with Crippen LogP contribution < -0.4 is 24.3 Å². The summed E-state index contributed by atoms with van der Waals surface area (Å²) >= 11 is 0. The summed E-state index contributed by atoms with van der Waals surface area (Å²) in [4.78, 5) is 40.5. The maximum Gasteiger partial charge on any atom is 0.339 e. The topological polar surface area (TPSA) is 203 Å². The smallest absolute Gasteiger partial charge is 0.339 e. The van der Waals surface area contributed by atoms with Crippen molar-refractivity contribution in [1.29, 1.82) is 0 Å². The molecule has 0 radical (unpaired) electrons. The molecule has 5 unspecified atom stereocenters. The zero-order valence-corrected chi connectivity index (χ0v) is 42.3. The fraction of sp³-hybridized carbons (Fsp3) is 0.421. The van der Waals surface area contributed by atoms with Gasteiger partial charge in [0.25, 0.3) is 5.91 Å². The lowest BCUT2D eigenvalue weighted by Gasteiger charge is -2.26. The molecule has 1 amide bonds. The van der Waals surface area contributed by atoms with E-state index < -0.39 is 49.3 Å². The summed E-state index contributed by atoms with van der Waals surface area (Å²) in [5, 5.41) is 24.4. The third-order valence-corrected chi connectivity index (χ3v) is 12.6. The van der Waals surface area contributed by atoms with Gasteiger partial charge in [-0.05, 0) is 95.9 Å². The fourth-order valence-electron chi connectivity index (χ4n) is 7.68. The number of hydrogen-bond donors (Lipinski definition) is 3. The quantitative estimate of drug-likeness (QED) is 0.0254. The van der Waals surface area contributed by atoms with Gasteiger partial charge in [0.2, 0.25) is 0 Å². The maximum atomic E-state index is 13.7. The monoisotopic (exact) mass is 1010 g/mol. The minimum atomic E-state index is -1.25. The molecule has 0 spiro atoms. The van der Waals surface area contributed by atoms with E-state index >= 15 is 0 Å². The van der Waals surface area contributed by atoms with Crippen molar-refractivity contribution in [3.63, 3.8) is 0 Å². The zero-order valence-electron chi connectivity index (χ0n) is 42.3. The largest absolute Gasteiger partial charge is 0.491 e. The van der Waals surface area contributed by atoms with Crippen molar-refractivity contribution in [2.45, 2.75) is 75.9 Å². The first-order chi connectivity index (χ1) is 35.1. The second kappa shape index (κ2) is 25.4. The maximum absolute atomic E-state index is 13.7. The highest BCUT2D eigenvalue weighted by Gasteiger charge is 2.28. The van der Waals surface area contributed by atoms with E-state index in [1.807, 2.05) is 72.8 Å². The molecule has 2 saturated heterocycles. The molecule has 0 bridgehead atoms. The minimum absolute atomic E-state index is 0.0543. The van der Waals surface area contributed by atoms with Crippen molar-refractivity contribution in [3.8, 4) is 23.0 Å². The van der Waals surface area contributed by atoms with Crippen LogP contribution in [0.3, 0.4) is 0 Å². The van der Waals surface area contributed by atoms with Gasteiger partial charge in [0, 0.05) is 29.5 Å². The zero-order chi connectivity index (χ0) is 52.0. The molecule has 73 heavy (non-hydrogen) atoms. The highest BCUT2D eigenvalue weighted by molar-refractivity contribution is 6.06. The van der Waals surface area contributed by atoms with Crippen LogP contribution in [0.25, 0.3) is 0 Å². The number of esters is 2. The van der Waals surface area contributed by atoms with Crippen molar-refractivity contribution in [2.24, 2.45) is 0 Å². The number of aliphatic hydroxyl groups is 2. The van der Waals surface area contributed by atoms with Crippen LogP contribution in [-0.4, -0.2) is 138 Å². The SMILES string of the molecule is COCCOCC(C)NC(=O)c1ccc(C(=O)OCC(O)COc2ccc(C(C)(C)c3ccc(OCC4CO4)cc3)cc2)c(C(=O)OCC(O)COc2ccc(C(C)(C)c3ccc(OCC4CO4)cc3)cc2)c1. The Hall–Kier alpha value is -6.53. The summed E-state index contributed by atoms with van der Waals surface area (Å²) in [6, 6.07) is 34.5. The minimum Gasteiger partial charge on any atom is -0.491 e. The predicted molar refractivity (Wildman–Crippen MR) is 270 cm³/mol. The lowest BCUT2D eigenvalue weighted by Crippen LogP contribution is -2.36. The van der Waals surface area contributed by atoms with E-state index in [4.69, 9.17) is 47.4 Å². The van der Waals surface area contributed by atoms with Gasteiger partial charge in [-0.3, -0.25) is 4.79 Å². The fourth-order valence-corrected chi connectivity index (χ4v) is 7.68. The number of amides is 1. The van der Waals surface area contributed by atoms with Crippen LogP contribution >= 0.6 is 0 Å².